The summed E-state index contributed by atoms with van der Waals surface area (Å²) in [5, 5.41) is 6.53. The van der Waals surface area contributed by atoms with Gasteiger partial charge in [0.05, 0.1) is 12.2 Å². The fourth-order valence-corrected chi connectivity index (χ4v) is 2.97. The zero-order valence-electron chi connectivity index (χ0n) is 13.0. The largest absolute Gasteiger partial charge is 0.338 e. The monoisotopic (exact) mass is 299 g/mol. The van der Waals surface area contributed by atoms with E-state index in [1.807, 2.05) is 6.92 Å². The van der Waals surface area contributed by atoms with Crippen molar-refractivity contribution < 1.29 is 9.32 Å². The number of rotatable bonds is 4. The molecule has 1 aromatic heterocycles. The summed E-state index contributed by atoms with van der Waals surface area (Å²) in [6.07, 6.45) is 2.21. The Morgan fingerprint density at radius 3 is 2.82 bits per heavy atom. The predicted octanol–water partition coefficient (Wildman–Crippen LogP) is 3.07. The quantitative estimate of drug-likeness (QED) is 0.942. The van der Waals surface area contributed by atoms with Crippen molar-refractivity contribution in [1.29, 1.82) is 0 Å². The summed E-state index contributed by atoms with van der Waals surface area (Å²) >= 11 is 0. The first-order valence-corrected chi connectivity index (χ1v) is 7.65. The molecule has 1 amide bonds. The van der Waals surface area contributed by atoms with Gasteiger partial charge < -0.3 is 4.52 Å². The third-order valence-corrected chi connectivity index (χ3v) is 4.06. The minimum Gasteiger partial charge on any atom is -0.338 e. The smallest absolute Gasteiger partial charge is 0.240 e. The Labute approximate surface area is 130 Å². The van der Waals surface area contributed by atoms with E-state index in [9.17, 15) is 4.79 Å². The highest BCUT2D eigenvalue weighted by atomic mass is 16.5. The molecule has 0 spiro atoms. The molecule has 2 heterocycles. The van der Waals surface area contributed by atoms with Crippen LogP contribution >= 0.6 is 0 Å². The number of amides is 1. The number of carbonyl (C=O) groups excluding carboxylic acids is 1. The van der Waals surface area contributed by atoms with Crippen molar-refractivity contribution in [3.8, 4) is 0 Å². The molecule has 1 aliphatic rings. The van der Waals surface area contributed by atoms with Gasteiger partial charge in [0, 0.05) is 12.1 Å². The van der Waals surface area contributed by atoms with Crippen LogP contribution in [0.4, 0.5) is 5.88 Å². The molecule has 3 rings (SSSR count). The highest BCUT2D eigenvalue weighted by Gasteiger charge is 2.27. The summed E-state index contributed by atoms with van der Waals surface area (Å²) in [5.74, 6) is 0.351. The van der Waals surface area contributed by atoms with Gasteiger partial charge in [-0.15, -0.1) is 0 Å². The number of nitrogens with zero attached hydrogens (tertiary/aromatic N) is 2. The minimum absolute atomic E-state index is 0.0600. The second kappa shape index (κ2) is 6.32. The van der Waals surface area contributed by atoms with Crippen molar-refractivity contribution in [3.63, 3.8) is 0 Å². The number of anilines is 1. The molecule has 116 valence electrons. The van der Waals surface area contributed by atoms with Gasteiger partial charge in [0.15, 0.2) is 0 Å². The van der Waals surface area contributed by atoms with Gasteiger partial charge in [0.1, 0.15) is 0 Å². The highest BCUT2D eigenvalue weighted by Crippen LogP contribution is 2.31. The first kappa shape index (κ1) is 14.8. The molecule has 5 heteroatoms. The Kier molecular flexibility index (Phi) is 4.24. The van der Waals surface area contributed by atoms with Gasteiger partial charge in [-0.25, -0.2) is 0 Å². The molecule has 0 saturated carbocycles. The van der Waals surface area contributed by atoms with Crippen LogP contribution < -0.4 is 5.32 Å². The summed E-state index contributed by atoms with van der Waals surface area (Å²) in [5.41, 5.74) is 3.30. The average molecular weight is 299 g/mol. The maximum absolute atomic E-state index is 12.2. The Hall–Kier alpha value is -2.14. The van der Waals surface area contributed by atoms with Crippen molar-refractivity contribution in [1.82, 2.24) is 10.1 Å². The molecule has 1 fully saturated rings. The SMILES string of the molecule is Cc1ccc([C@H]2CCCN2CC(=O)Nc2cc(C)no2)cc1. The molecule has 1 saturated heterocycles. The zero-order valence-corrected chi connectivity index (χ0v) is 13.0. The van der Waals surface area contributed by atoms with Crippen LogP contribution in [0, 0.1) is 13.8 Å². The van der Waals surface area contributed by atoms with Crippen molar-refractivity contribution >= 4 is 11.8 Å². The molecule has 2 aromatic rings. The molecule has 1 N–H and O–H groups in total. The van der Waals surface area contributed by atoms with Crippen molar-refractivity contribution in [2.45, 2.75) is 32.7 Å². The topological polar surface area (TPSA) is 58.4 Å². The third-order valence-electron chi connectivity index (χ3n) is 4.06. The van der Waals surface area contributed by atoms with Crippen LogP contribution in [-0.4, -0.2) is 29.1 Å². The van der Waals surface area contributed by atoms with E-state index >= 15 is 0 Å². The molecule has 0 radical (unpaired) electrons. The van der Waals surface area contributed by atoms with Crippen molar-refractivity contribution in [2.24, 2.45) is 0 Å². The van der Waals surface area contributed by atoms with Gasteiger partial charge >= 0.3 is 0 Å². The van der Waals surface area contributed by atoms with Gasteiger partial charge in [0.25, 0.3) is 0 Å². The lowest BCUT2D eigenvalue weighted by Crippen LogP contribution is -2.32. The van der Waals surface area contributed by atoms with E-state index in [1.54, 1.807) is 6.07 Å². The number of benzene rings is 1. The summed E-state index contributed by atoms with van der Waals surface area (Å²) < 4.78 is 5.02. The van der Waals surface area contributed by atoms with Gasteiger partial charge in [-0.05, 0) is 38.8 Å². The predicted molar refractivity (Wildman–Crippen MR) is 84.6 cm³/mol. The van der Waals surface area contributed by atoms with E-state index in [0.29, 0.717) is 18.5 Å². The van der Waals surface area contributed by atoms with Gasteiger partial charge in [-0.1, -0.05) is 35.0 Å². The maximum atomic E-state index is 12.2. The number of aryl methyl sites for hydroxylation is 2. The number of hydrogen-bond acceptors (Lipinski definition) is 4. The third kappa shape index (κ3) is 3.36. The first-order chi connectivity index (χ1) is 10.6. The van der Waals surface area contributed by atoms with Crippen molar-refractivity contribution in [2.75, 3.05) is 18.4 Å². The number of likely N-dealkylation sites (tertiary alicyclic amines) is 1. The standard InChI is InChI=1S/C17H21N3O2/c1-12-5-7-14(8-6-12)15-4-3-9-20(15)11-16(21)18-17-10-13(2)19-22-17/h5-8,10,15H,3-4,9,11H2,1-2H3,(H,18,21)/t15-/m1/s1. The number of nitrogens with one attached hydrogen (secondary N) is 1. The van der Waals surface area contributed by atoms with Crippen molar-refractivity contribution in [3.05, 3.63) is 47.2 Å². The summed E-state index contributed by atoms with van der Waals surface area (Å²) in [4.78, 5) is 14.4. The molecule has 1 aliphatic heterocycles. The highest BCUT2D eigenvalue weighted by molar-refractivity contribution is 5.91. The van der Waals surface area contributed by atoms with Crippen LogP contribution in [0.2, 0.25) is 0 Å². The first-order valence-electron chi connectivity index (χ1n) is 7.65. The lowest BCUT2D eigenvalue weighted by atomic mass is 10.0. The molecular weight excluding hydrogens is 278 g/mol. The van der Waals surface area contributed by atoms with Gasteiger partial charge in [0.2, 0.25) is 11.8 Å². The summed E-state index contributed by atoms with van der Waals surface area (Å²) in [6.45, 7) is 5.23. The van der Waals surface area contributed by atoms with E-state index in [1.165, 1.54) is 11.1 Å². The molecule has 22 heavy (non-hydrogen) atoms. The van der Waals surface area contributed by atoms with Crippen LogP contribution in [-0.2, 0) is 4.79 Å². The van der Waals surface area contributed by atoms with Gasteiger partial charge in [-0.2, -0.15) is 0 Å². The lowest BCUT2D eigenvalue weighted by Gasteiger charge is -2.24. The average Bonchev–Trinajstić information content (AvgIpc) is 3.09. The normalized spacial score (nSPS) is 18.5. The Balaban J connectivity index is 1.63. The molecule has 1 aromatic carbocycles. The van der Waals surface area contributed by atoms with Crippen LogP contribution in [0.3, 0.4) is 0 Å². The molecule has 1 atom stereocenters. The van der Waals surface area contributed by atoms with Crippen LogP contribution in [0.5, 0.6) is 0 Å². The number of aromatic nitrogens is 1. The number of carbonyl (C=O) groups is 1. The van der Waals surface area contributed by atoms with E-state index in [2.05, 4.69) is 46.6 Å². The molecule has 0 aliphatic carbocycles. The molecule has 5 nitrogen and oxygen atoms in total. The maximum Gasteiger partial charge on any atom is 0.240 e. The van der Waals surface area contributed by atoms with E-state index < -0.39 is 0 Å². The fourth-order valence-electron chi connectivity index (χ4n) is 2.97. The second-order valence-electron chi connectivity index (χ2n) is 5.92. The zero-order chi connectivity index (χ0) is 15.5. The number of hydrogen-bond donors (Lipinski definition) is 1. The van der Waals surface area contributed by atoms with E-state index in [4.69, 9.17) is 4.52 Å². The summed E-state index contributed by atoms with van der Waals surface area (Å²) in [7, 11) is 0. The van der Waals surface area contributed by atoms with Crippen LogP contribution in [0.15, 0.2) is 34.9 Å². The summed E-state index contributed by atoms with van der Waals surface area (Å²) in [6, 6.07) is 10.6. The molecule has 0 unspecified atom stereocenters. The fraction of sp³-hybridized carbons (Fsp3) is 0.412. The Bertz CT molecular complexity index is 648. The molecule has 0 bridgehead atoms. The Morgan fingerprint density at radius 1 is 1.36 bits per heavy atom. The van der Waals surface area contributed by atoms with E-state index in [0.717, 1.165) is 25.1 Å². The van der Waals surface area contributed by atoms with Gasteiger partial charge in [-0.3, -0.25) is 15.0 Å². The lowest BCUT2D eigenvalue weighted by molar-refractivity contribution is -0.117. The second-order valence-corrected chi connectivity index (χ2v) is 5.92. The van der Waals surface area contributed by atoms with Crippen LogP contribution in [0.1, 0.15) is 35.7 Å². The van der Waals surface area contributed by atoms with Crippen LogP contribution in [0.25, 0.3) is 0 Å². The minimum atomic E-state index is -0.0600. The molecular formula is C17H21N3O2. The Morgan fingerprint density at radius 2 is 2.14 bits per heavy atom. The van der Waals surface area contributed by atoms with E-state index in [-0.39, 0.29) is 5.91 Å².